The van der Waals surface area contributed by atoms with E-state index in [1.54, 1.807) is 18.0 Å². The highest BCUT2D eigenvalue weighted by atomic mass is 79.9. The van der Waals surface area contributed by atoms with Crippen molar-refractivity contribution >= 4 is 27.5 Å². The molecular formula is C22H20BrNO2. The van der Waals surface area contributed by atoms with Crippen molar-refractivity contribution in [3.8, 4) is 5.75 Å². The maximum Gasteiger partial charge on any atom is 0.261 e. The molecule has 132 valence electrons. The van der Waals surface area contributed by atoms with Crippen molar-refractivity contribution in [1.29, 1.82) is 0 Å². The fourth-order valence-corrected chi connectivity index (χ4v) is 3.03. The molecule has 4 heteroatoms. The van der Waals surface area contributed by atoms with Gasteiger partial charge in [-0.1, -0.05) is 64.5 Å². The van der Waals surface area contributed by atoms with Crippen LogP contribution in [0.15, 0.2) is 83.3 Å². The molecular weight excluding hydrogens is 390 g/mol. The van der Waals surface area contributed by atoms with Gasteiger partial charge in [-0.3, -0.25) is 4.79 Å². The van der Waals surface area contributed by atoms with Crippen molar-refractivity contribution in [2.45, 2.75) is 6.42 Å². The van der Waals surface area contributed by atoms with Gasteiger partial charge in [-0.05, 0) is 35.9 Å². The third-order valence-corrected chi connectivity index (χ3v) is 4.60. The average Bonchev–Trinajstić information content (AvgIpc) is 2.69. The van der Waals surface area contributed by atoms with E-state index in [1.807, 2.05) is 60.7 Å². The summed E-state index contributed by atoms with van der Waals surface area (Å²) in [5.74, 6) is 0.490. The molecule has 1 amide bonds. The summed E-state index contributed by atoms with van der Waals surface area (Å²) in [6, 6.07) is 25.3. The van der Waals surface area contributed by atoms with Crippen molar-refractivity contribution in [3.05, 3.63) is 94.5 Å². The predicted molar refractivity (Wildman–Crippen MR) is 109 cm³/mol. The maximum atomic E-state index is 13.0. The van der Waals surface area contributed by atoms with E-state index in [-0.39, 0.29) is 5.91 Å². The molecule has 0 fully saturated rings. The number of nitrogens with zero attached hydrogens (tertiary/aromatic N) is 1. The van der Waals surface area contributed by atoms with E-state index in [2.05, 4.69) is 28.1 Å². The Morgan fingerprint density at radius 1 is 0.962 bits per heavy atom. The average molecular weight is 410 g/mol. The fourth-order valence-electron chi connectivity index (χ4n) is 2.67. The minimum Gasteiger partial charge on any atom is -0.492 e. The van der Waals surface area contributed by atoms with Crippen molar-refractivity contribution in [2.24, 2.45) is 0 Å². The molecule has 0 heterocycles. The summed E-state index contributed by atoms with van der Waals surface area (Å²) in [4.78, 5) is 14.6. The molecule has 3 aromatic carbocycles. The zero-order valence-corrected chi connectivity index (χ0v) is 16.1. The lowest BCUT2D eigenvalue weighted by molar-refractivity contribution is 0.0989. The summed E-state index contributed by atoms with van der Waals surface area (Å²) < 4.78 is 6.78. The molecule has 0 unspecified atom stereocenters. The Bertz CT molecular complexity index is 866. The number of carbonyl (C=O) groups excluding carboxylic acids is 1. The molecule has 0 aliphatic carbocycles. The lowest BCUT2D eigenvalue weighted by atomic mass is 10.1. The summed E-state index contributed by atoms with van der Waals surface area (Å²) >= 11 is 3.45. The number of hydrogen-bond acceptors (Lipinski definition) is 2. The van der Waals surface area contributed by atoms with Crippen LogP contribution < -0.4 is 9.64 Å². The van der Waals surface area contributed by atoms with Gasteiger partial charge in [0, 0.05) is 23.6 Å². The molecule has 0 aliphatic heterocycles. The molecule has 0 bridgehead atoms. The summed E-state index contributed by atoms with van der Waals surface area (Å²) in [5, 5.41) is 0. The number of amides is 1. The number of ether oxygens (including phenoxy) is 1. The second-order valence-corrected chi connectivity index (χ2v) is 6.84. The first kappa shape index (κ1) is 18.2. The molecule has 3 nitrogen and oxygen atoms in total. The number of benzene rings is 3. The molecule has 0 aliphatic rings. The zero-order valence-electron chi connectivity index (χ0n) is 14.6. The van der Waals surface area contributed by atoms with Gasteiger partial charge in [-0.15, -0.1) is 0 Å². The minimum atomic E-state index is -0.104. The van der Waals surface area contributed by atoms with Gasteiger partial charge in [-0.25, -0.2) is 0 Å². The molecule has 0 saturated heterocycles. The van der Waals surface area contributed by atoms with Gasteiger partial charge in [0.15, 0.2) is 0 Å². The van der Waals surface area contributed by atoms with Gasteiger partial charge in [0.2, 0.25) is 0 Å². The molecule has 0 radical (unpaired) electrons. The third-order valence-electron chi connectivity index (χ3n) is 4.11. The van der Waals surface area contributed by atoms with Crippen LogP contribution in [-0.2, 0) is 6.42 Å². The molecule has 0 aromatic heterocycles. The SMILES string of the molecule is CN(C(=O)c1cc(Br)ccc1OCCc1ccccc1)c1ccccc1. The first-order chi connectivity index (χ1) is 12.6. The van der Waals surface area contributed by atoms with E-state index in [4.69, 9.17) is 4.74 Å². The Hall–Kier alpha value is -2.59. The van der Waals surface area contributed by atoms with Gasteiger partial charge in [0.25, 0.3) is 5.91 Å². The predicted octanol–water partition coefficient (Wildman–Crippen LogP) is 5.35. The molecule has 0 atom stereocenters. The molecule has 3 rings (SSSR count). The Labute approximate surface area is 162 Å². The lowest BCUT2D eigenvalue weighted by Gasteiger charge is -2.19. The van der Waals surface area contributed by atoms with Crippen LogP contribution in [0.25, 0.3) is 0 Å². The van der Waals surface area contributed by atoms with E-state index >= 15 is 0 Å². The number of para-hydroxylation sites is 1. The Balaban J connectivity index is 1.76. The van der Waals surface area contributed by atoms with Crippen LogP contribution in [-0.4, -0.2) is 19.6 Å². The second kappa shape index (κ2) is 8.68. The minimum absolute atomic E-state index is 0.104. The first-order valence-corrected chi connectivity index (χ1v) is 9.24. The Morgan fingerprint density at radius 2 is 1.62 bits per heavy atom. The number of rotatable bonds is 6. The van der Waals surface area contributed by atoms with Crippen LogP contribution >= 0.6 is 15.9 Å². The molecule has 0 saturated carbocycles. The number of anilines is 1. The van der Waals surface area contributed by atoms with Crippen LogP contribution in [0.2, 0.25) is 0 Å². The van der Waals surface area contributed by atoms with Gasteiger partial charge in [0.1, 0.15) is 5.75 Å². The summed E-state index contributed by atoms with van der Waals surface area (Å²) in [7, 11) is 1.77. The van der Waals surface area contributed by atoms with Crippen LogP contribution in [0.5, 0.6) is 5.75 Å². The van der Waals surface area contributed by atoms with E-state index in [0.29, 0.717) is 17.9 Å². The van der Waals surface area contributed by atoms with Crippen molar-refractivity contribution in [1.82, 2.24) is 0 Å². The van der Waals surface area contributed by atoms with E-state index < -0.39 is 0 Å². The first-order valence-electron chi connectivity index (χ1n) is 8.44. The fraction of sp³-hybridized carbons (Fsp3) is 0.136. The highest BCUT2D eigenvalue weighted by molar-refractivity contribution is 9.10. The van der Waals surface area contributed by atoms with E-state index in [1.165, 1.54) is 5.56 Å². The molecule has 0 N–H and O–H groups in total. The largest absolute Gasteiger partial charge is 0.492 e. The van der Waals surface area contributed by atoms with Crippen molar-refractivity contribution in [3.63, 3.8) is 0 Å². The highest BCUT2D eigenvalue weighted by Gasteiger charge is 2.18. The monoisotopic (exact) mass is 409 g/mol. The van der Waals surface area contributed by atoms with Gasteiger partial charge < -0.3 is 9.64 Å². The standard InChI is InChI=1S/C22H20BrNO2/c1-24(19-10-6-3-7-11-19)22(25)20-16-18(23)12-13-21(20)26-15-14-17-8-4-2-5-9-17/h2-13,16H,14-15H2,1H3. The topological polar surface area (TPSA) is 29.5 Å². The number of hydrogen-bond donors (Lipinski definition) is 0. The molecule has 3 aromatic rings. The van der Waals surface area contributed by atoms with Gasteiger partial charge >= 0.3 is 0 Å². The molecule has 0 spiro atoms. The normalized spacial score (nSPS) is 10.4. The summed E-state index contributed by atoms with van der Waals surface area (Å²) in [6.07, 6.45) is 0.791. The summed E-state index contributed by atoms with van der Waals surface area (Å²) in [6.45, 7) is 0.515. The zero-order chi connectivity index (χ0) is 18.4. The van der Waals surface area contributed by atoms with Crippen LogP contribution in [0.4, 0.5) is 5.69 Å². The second-order valence-electron chi connectivity index (χ2n) is 5.92. The van der Waals surface area contributed by atoms with Crippen LogP contribution in [0, 0.1) is 0 Å². The number of halogens is 1. The quantitative estimate of drug-likeness (QED) is 0.549. The maximum absolute atomic E-state index is 13.0. The molecule has 26 heavy (non-hydrogen) atoms. The Kier molecular flexibility index (Phi) is 6.08. The van der Waals surface area contributed by atoms with Crippen LogP contribution in [0.1, 0.15) is 15.9 Å². The lowest BCUT2D eigenvalue weighted by Crippen LogP contribution is -2.26. The Morgan fingerprint density at radius 3 is 2.31 bits per heavy atom. The van der Waals surface area contributed by atoms with Crippen molar-refractivity contribution in [2.75, 3.05) is 18.6 Å². The van der Waals surface area contributed by atoms with Gasteiger partial charge in [-0.2, -0.15) is 0 Å². The van der Waals surface area contributed by atoms with E-state index in [9.17, 15) is 4.79 Å². The smallest absolute Gasteiger partial charge is 0.261 e. The van der Waals surface area contributed by atoms with E-state index in [0.717, 1.165) is 16.6 Å². The van der Waals surface area contributed by atoms with Crippen LogP contribution in [0.3, 0.4) is 0 Å². The summed E-state index contributed by atoms with van der Waals surface area (Å²) in [5.41, 5.74) is 2.59. The highest BCUT2D eigenvalue weighted by Crippen LogP contribution is 2.26. The van der Waals surface area contributed by atoms with Crippen molar-refractivity contribution < 1.29 is 9.53 Å². The number of carbonyl (C=O) groups is 1. The van der Waals surface area contributed by atoms with Gasteiger partial charge in [0.05, 0.1) is 12.2 Å². The third kappa shape index (κ3) is 4.52.